The molecule has 2 heterocycles. The Morgan fingerprint density at radius 1 is 0.871 bits per heavy atom. The Bertz CT molecular complexity index is 1100. The summed E-state index contributed by atoms with van der Waals surface area (Å²) in [7, 11) is 0. The van der Waals surface area contributed by atoms with Crippen LogP contribution >= 0.6 is 0 Å². The van der Waals surface area contributed by atoms with Crippen LogP contribution in [0.4, 0.5) is 17.3 Å². The number of hydrogen-bond donors (Lipinski definition) is 2. The molecule has 156 valence electrons. The summed E-state index contributed by atoms with van der Waals surface area (Å²) < 4.78 is 0. The summed E-state index contributed by atoms with van der Waals surface area (Å²) >= 11 is 0. The van der Waals surface area contributed by atoms with Crippen molar-refractivity contribution in [2.45, 2.75) is 20.3 Å². The van der Waals surface area contributed by atoms with Crippen molar-refractivity contribution in [2.75, 3.05) is 10.6 Å². The highest BCUT2D eigenvalue weighted by molar-refractivity contribution is 6.04. The second-order valence-electron chi connectivity index (χ2n) is 6.74. The van der Waals surface area contributed by atoms with Gasteiger partial charge in [0.15, 0.2) is 0 Å². The average Bonchev–Trinajstić information content (AvgIpc) is 2.81. The first kappa shape index (κ1) is 21.6. The third kappa shape index (κ3) is 6.47. The standard InChI is InChI=1S/C22H17N5O.C3H8/c28-21(16-6-2-1-3-7-16)25-18-9-4-10-19(14-18)26-22-24-13-11-20(27-22)17-8-5-12-23-15-17;1-3-2/h1-15H,(H,25,28)(H,24,26,27);3H2,1-2H3. The quantitative estimate of drug-likeness (QED) is 0.424. The highest BCUT2D eigenvalue weighted by Gasteiger charge is 2.07. The second-order valence-corrected chi connectivity index (χ2v) is 6.74. The Balaban J connectivity index is 0.000000858. The third-order valence-electron chi connectivity index (χ3n) is 4.03. The van der Waals surface area contributed by atoms with E-state index < -0.39 is 0 Å². The van der Waals surface area contributed by atoms with E-state index in [0.717, 1.165) is 16.9 Å². The maximum Gasteiger partial charge on any atom is 0.255 e. The predicted octanol–water partition coefficient (Wildman–Crippen LogP) is 5.95. The monoisotopic (exact) mass is 411 g/mol. The molecule has 6 heteroatoms. The molecule has 2 aromatic heterocycles. The van der Waals surface area contributed by atoms with Crippen molar-refractivity contribution >= 4 is 23.2 Å². The minimum absolute atomic E-state index is 0.160. The van der Waals surface area contributed by atoms with Crippen LogP contribution in [0.15, 0.2) is 91.4 Å². The molecule has 0 atom stereocenters. The number of rotatable bonds is 5. The van der Waals surface area contributed by atoms with Crippen molar-refractivity contribution in [3.05, 3.63) is 97.0 Å². The van der Waals surface area contributed by atoms with E-state index in [1.54, 1.807) is 30.7 Å². The van der Waals surface area contributed by atoms with Gasteiger partial charge in [-0.25, -0.2) is 9.97 Å². The van der Waals surface area contributed by atoms with Gasteiger partial charge in [-0.05, 0) is 48.5 Å². The number of carbonyl (C=O) groups is 1. The summed E-state index contributed by atoms with van der Waals surface area (Å²) in [6.07, 6.45) is 6.42. The Morgan fingerprint density at radius 2 is 1.65 bits per heavy atom. The summed E-state index contributed by atoms with van der Waals surface area (Å²) in [5.74, 6) is 0.306. The van der Waals surface area contributed by atoms with Crippen molar-refractivity contribution in [2.24, 2.45) is 0 Å². The van der Waals surface area contributed by atoms with Crippen LogP contribution in [0.1, 0.15) is 30.6 Å². The third-order valence-corrected chi connectivity index (χ3v) is 4.03. The molecule has 31 heavy (non-hydrogen) atoms. The van der Waals surface area contributed by atoms with E-state index in [4.69, 9.17) is 0 Å². The molecule has 2 N–H and O–H groups in total. The first-order valence-corrected chi connectivity index (χ1v) is 10.2. The molecule has 0 saturated heterocycles. The van der Waals surface area contributed by atoms with Crippen LogP contribution in [0, 0.1) is 0 Å². The van der Waals surface area contributed by atoms with Gasteiger partial charge in [-0.2, -0.15) is 0 Å². The minimum Gasteiger partial charge on any atom is -0.324 e. The molecular weight excluding hydrogens is 386 g/mol. The van der Waals surface area contributed by atoms with Crippen LogP contribution in [0.5, 0.6) is 0 Å². The van der Waals surface area contributed by atoms with Crippen LogP contribution in [0.2, 0.25) is 0 Å². The van der Waals surface area contributed by atoms with E-state index in [-0.39, 0.29) is 5.91 Å². The molecule has 2 aromatic carbocycles. The smallest absolute Gasteiger partial charge is 0.255 e. The molecule has 4 rings (SSSR count). The fourth-order valence-corrected chi connectivity index (χ4v) is 2.69. The number of nitrogens with zero attached hydrogens (tertiary/aromatic N) is 3. The van der Waals surface area contributed by atoms with E-state index in [9.17, 15) is 4.79 Å². The van der Waals surface area contributed by atoms with Crippen LogP contribution < -0.4 is 10.6 Å². The van der Waals surface area contributed by atoms with Gasteiger partial charge in [-0.1, -0.05) is 44.5 Å². The maximum absolute atomic E-state index is 12.3. The summed E-state index contributed by atoms with van der Waals surface area (Å²) in [6.45, 7) is 4.25. The molecule has 0 aliphatic carbocycles. The number of pyridine rings is 1. The second kappa shape index (κ2) is 11.2. The van der Waals surface area contributed by atoms with E-state index >= 15 is 0 Å². The van der Waals surface area contributed by atoms with E-state index in [1.165, 1.54) is 6.42 Å². The number of hydrogen-bond acceptors (Lipinski definition) is 5. The van der Waals surface area contributed by atoms with Gasteiger partial charge in [0.1, 0.15) is 0 Å². The zero-order valence-corrected chi connectivity index (χ0v) is 17.6. The molecule has 0 aliphatic heterocycles. The van der Waals surface area contributed by atoms with Crippen molar-refractivity contribution in [1.29, 1.82) is 0 Å². The van der Waals surface area contributed by atoms with Crippen LogP contribution in [-0.2, 0) is 0 Å². The minimum atomic E-state index is -0.160. The summed E-state index contributed by atoms with van der Waals surface area (Å²) in [6, 6.07) is 22.1. The predicted molar refractivity (Wildman–Crippen MR) is 125 cm³/mol. The molecule has 0 fully saturated rings. The van der Waals surface area contributed by atoms with Gasteiger partial charge in [0.2, 0.25) is 5.95 Å². The zero-order chi connectivity index (χ0) is 21.9. The number of amides is 1. The molecule has 0 unspecified atom stereocenters. The summed E-state index contributed by atoms with van der Waals surface area (Å²) in [5, 5.41) is 6.07. The van der Waals surface area contributed by atoms with Gasteiger partial charge in [-0.3, -0.25) is 9.78 Å². The number of carbonyl (C=O) groups excluding carboxylic acids is 1. The lowest BCUT2D eigenvalue weighted by atomic mass is 10.2. The van der Waals surface area contributed by atoms with Crippen molar-refractivity contribution < 1.29 is 4.79 Å². The normalized spacial score (nSPS) is 9.87. The molecular formula is C25H25N5O. The fourth-order valence-electron chi connectivity index (χ4n) is 2.69. The van der Waals surface area contributed by atoms with Gasteiger partial charge in [0.05, 0.1) is 5.69 Å². The van der Waals surface area contributed by atoms with Crippen molar-refractivity contribution in [1.82, 2.24) is 15.0 Å². The topological polar surface area (TPSA) is 79.8 Å². The average molecular weight is 412 g/mol. The highest BCUT2D eigenvalue weighted by atomic mass is 16.1. The summed E-state index contributed by atoms with van der Waals surface area (Å²) in [5.41, 5.74) is 3.75. The molecule has 0 bridgehead atoms. The molecule has 0 spiro atoms. The lowest BCUT2D eigenvalue weighted by Gasteiger charge is -2.09. The SMILES string of the molecule is CCC.O=C(Nc1cccc(Nc2nccc(-c3cccnc3)n2)c1)c1ccccc1. The molecule has 0 saturated carbocycles. The van der Waals surface area contributed by atoms with Crippen molar-refractivity contribution in [3.63, 3.8) is 0 Å². The fraction of sp³-hybridized carbons (Fsp3) is 0.120. The summed E-state index contributed by atoms with van der Waals surface area (Å²) in [4.78, 5) is 25.2. The first-order chi connectivity index (χ1) is 15.2. The molecule has 1 amide bonds. The van der Waals surface area contributed by atoms with Gasteiger partial charge >= 0.3 is 0 Å². The van der Waals surface area contributed by atoms with Gasteiger partial charge in [0.25, 0.3) is 5.91 Å². The van der Waals surface area contributed by atoms with E-state index in [2.05, 4.69) is 39.4 Å². The van der Waals surface area contributed by atoms with Gasteiger partial charge < -0.3 is 10.6 Å². The van der Waals surface area contributed by atoms with Crippen LogP contribution in [0.25, 0.3) is 11.3 Å². The Labute approximate surface area is 182 Å². The Morgan fingerprint density at radius 3 is 2.39 bits per heavy atom. The number of anilines is 3. The van der Waals surface area contributed by atoms with E-state index in [0.29, 0.717) is 17.2 Å². The molecule has 6 nitrogen and oxygen atoms in total. The number of benzene rings is 2. The first-order valence-electron chi connectivity index (χ1n) is 10.2. The highest BCUT2D eigenvalue weighted by Crippen LogP contribution is 2.21. The molecule has 4 aromatic rings. The molecule has 0 aliphatic rings. The van der Waals surface area contributed by atoms with Crippen LogP contribution in [-0.4, -0.2) is 20.9 Å². The van der Waals surface area contributed by atoms with Crippen molar-refractivity contribution in [3.8, 4) is 11.3 Å². The maximum atomic E-state index is 12.3. The Kier molecular flexibility index (Phi) is 7.83. The largest absolute Gasteiger partial charge is 0.324 e. The van der Waals surface area contributed by atoms with Gasteiger partial charge in [-0.15, -0.1) is 0 Å². The van der Waals surface area contributed by atoms with Gasteiger partial charge in [0, 0.05) is 41.1 Å². The Hall–Kier alpha value is -4.06. The molecule has 0 radical (unpaired) electrons. The zero-order valence-electron chi connectivity index (χ0n) is 17.6. The number of nitrogens with one attached hydrogen (secondary N) is 2. The van der Waals surface area contributed by atoms with E-state index in [1.807, 2.05) is 60.7 Å². The van der Waals surface area contributed by atoms with Crippen LogP contribution in [0.3, 0.4) is 0 Å². The number of aromatic nitrogens is 3. The lowest BCUT2D eigenvalue weighted by Crippen LogP contribution is -2.11. The lowest BCUT2D eigenvalue weighted by molar-refractivity contribution is 0.102.